The number of hydrogen-bond donors (Lipinski definition) is 1. The summed E-state index contributed by atoms with van der Waals surface area (Å²) < 4.78 is 20.4. The summed E-state index contributed by atoms with van der Waals surface area (Å²) in [6.45, 7) is 3.10. The van der Waals surface area contributed by atoms with Gasteiger partial charge in [0.15, 0.2) is 5.65 Å². The Kier molecular flexibility index (Phi) is 4.31. The molecule has 1 aliphatic rings. The lowest BCUT2D eigenvalue weighted by atomic mass is 10.1. The fraction of sp³-hybridized carbons (Fsp3) is 0.571. The molecule has 3 heterocycles. The maximum atomic E-state index is 13.2. The second kappa shape index (κ2) is 6.36. The molecular formula is C14H20FN5O. The van der Waals surface area contributed by atoms with E-state index < -0.39 is 0 Å². The van der Waals surface area contributed by atoms with Gasteiger partial charge in [0.2, 0.25) is 5.95 Å². The smallest absolute Gasteiger partial charge is 0.245 e. The topological polar surface area (TPSA) is 68.7 Å². The van der Waals surface area contributed by atoms with Crippen LogP contribution in [0.4, 0.5) is 10.3 Å². The first-order valence-electron chi connectivity index (χ1n) is 7.35. The number of fused-ring (bicyclic) bond motifs is 1. The maximum Gasteiger partial charge on any atom is 0.245 e. The van der Waals surface area contributed by atoms with Gasteiger partial charge >= 0.3 is 0 Å². The summed E-state index contributed by atoms with van der Waals surface area (Å²) in [5.74, 6) is 0.340. The molecule has 0 atom stereocenters. The molecule has 2 aromatic heterocycles. The quantitative estimate of drug-likeness (QED) is 0.839. The van der Waals surface area contributed by atoms with Crippen molar-refractivity contribution in [2.45, 2.75) is 25.4 Å². The molecule has 0 unspecified atom stereocenters. The van der Waals surface area contributed by atoms with Crippen molar-refractivity contribution in [1.29, 1.82) is 0 Å². The van der Waals surface area contributed by atoms with Gasteiger partial charge in [0.1, 0.15) is 5.82 Å². The second-order valence-corrected chi connectivity index (χ2v) is 5.26. The van der Waals surface area contributed by atoms with Gasteiger partial charge in [-0.1, -0.05) is 0 Å². The molecule has 3 rings (SSSR count). The molecule has 0 amide bonds. The molecule has 0 aliphatic carbocycles. The fourth-order valence-corrected chi connectivity index (χ4v) is 2.54. The zero-order chi connectivity index (χ0) is 14.7. The van der Waals surface area contributed by atoms with Gasteiger partial charge in [0, 0.05) is 19.7 Å². The lowest BCUT2D eigenvalue weighted by Crippen LogP contribution is -2.37. The van der Waals surface area contributed by atoms with Crippen LogP contribution in [0.3, 0.4) is 0 Å². The van der Waals surface area contributed by atoms with E-state index in [4.69, 9.17) is 10.5 Å². The van der Waals surface area contributed by atoms with Crippen molar-refractivity contribution in [3.63, 3.8) is 0 Å². The Morgan fingerprint density at radius 2 is 2.14 bits per heavy atom. The Hall–Kier alpha value is -1.73. The molecule has 1 saturated heterocycles. The first kappa shape index (κ1) is 14.2. The van der Waals surface area contributed by atoms with Gasteiger partial charge in [0.05, 0.1) is 12.3 Å². The molecule has 0 bridgehead atoms. The predicted octanol–water partition coefficient (Wildman–Crippen LogP) is 1.20. The van der Waals surface area contributed by atoms with E-state index in [-0.39, 0.29) is 5.82 Å². The third-order valence-electron chi connectivity index (χ3n) is 3.71. The van der Waals surface area contributed by atoms with Crippen molar-refractivity contribution in [3.8, 4) is 0 Å². The molecule has 114 valence electrons. The van der Waals surface area contributed by atoms with Gasteiger partial charge in [-0.2, -0.15) is 4.98 Å². The molecular weight excluding hydrogens is 273 g/mol. The summed E-state index contributed by atoms with van der Waals surface area (Å²) >= 11 is 0. The van der Waals surface area contributed by atoms with Gasteiger partial charge in [-0.3, -0.25) is 0 Å². The second-order valence-electron chi connectivity index (χ2n) is 5.26. The minimum atomic E-state index is -0.314. The number of aromatic nitrogens is 3. The molecule has 0 spiro atoms. The summed E-state index contributed by atoms with van der Waals surface area (Å²) in [6.07, 6.45) is 4.44. The van der Waals surface area contributed by atoms with E-state index in [0.717, 1.165) is 39.0 Å². The number of nitrogens with two attached hydrogens (primary N) is 1. The highest BCUT2D eigenvalue weighted by Gasteiger charge is 2.22. The molecule has 0 aromatic carbocycles. The number of anilines is 1. The van der Waals surface area contributed by atoms with E-state index >= 15 is 0 Å². The van der Waals surface area contributed by atoms with Gasteiger partial charge < -0.3 is 15.4 Å². The third-order valence-corrected chi connectivity index (χ3v) is 3.71. The van der Waals surface area contributed by atoms with Crippen molar-refractivity contribution in [3.05, 3.63) is 24.1 Å². The Labute approximate surface area is 122 Å². The van der Waals surface area contributed by atoms with Crippen LogP contribution in [0.1, 0.15) is 19.3 Å². The van der Waals surface area contributed by atoms with Crippen molar-refractivity contribution in [1.82, 2.24) is 14.6 Å². The van der Waals surface area contributed by atoms with Gasteiger partial charge in [-0.05, 0) is 37.9 Å². The Morgan fingerprint density at radius 3 is 2.90 bits per heavy atom. The normalized spacial score (nSPS) is 16.8. The fourth-order valence-electron chi connectivity index (χ4n) is 2.54. The van der Waals surface area contributed by atoms with Crippen LogP contribution in [0.5, 0.6) is 0 Å². The zero-order valence-electron chi connectivity index (χ0n) is 11.9. The van der Waals surface area contributed by atoms with Crippen molar-refractivity contribution >= 4 is 11.6 Å². The number of rotatable bonds is 5. The molecule has 1 fully saturated rings. The summed E-state index contributed by atoms with van der Waals surface area (Å²) in [4.78, 5) is 6.55. The van der Waals surface area contributed by atoms with Crippen LogP contribution < -0.4 is 10.6 Å². The molecule has 2 aromatic rings. The van der Waals surface area contributed by atoms with Crippen LogP contribution in [-0.4, -0.2) is 46.9 Å². The van der Waals surface area contributed by atoms with E-state index in [1.165, 1.54) is 16.8 Å². The molecule has 6 nitrogen and oxygen atoms in total. The lowest BCUT2D eigenvalue weighted by molar-refractivity contribution is 0.0365. The lowest BCUT2D eigenvalue weighted by Gasteiger charge is -2.31. The third kappa shape index (κ3) is 3.30. The summed E-state index contributed by atoms with van der Waals surface area (Å²) in [5, 5.41) is 4.33. The number of piperidine rings is 1. The first-order chi connectivity index (χ1) is 10.3. The van der Waals surface area contributed by atoms with Gasteiger partial charge in [0.25, 0.3) is 0 Å². The molecule has 0 saturated carbocycles. The SMILES string of the molecule is NCCCOC1CCN(c2nc3ccc(F)cn3n2)CC1. The van der Waals surface area contributed by atoms with Crippen LogP contribution in [-0.2, 0) is 4.74 Å². The Balaban J connectivity index is 1.60. The minimum absolute atomic E-state index is 0.294. The van der Waals surface area contributed by atoms with Crippen LogP contribution >= 0.6 is 0 Å². The van der Waals surface area contributed by atoms with Crippen molar-refractivity contribution in [2.75, 3.05) is 31.1 Å². The number of pyridine rings is 1. The standard InChI is InChI=1S/C14H20FN5O/c15-11-2-3-13-17-14(18-20(13)10-11)19-7-4-12(5-8-19)21-9-1-6-16/h2-3,10,12H,1,4-9,16H2. The van der Waals surface area contributed by atoms with Gasteiger partial charge in [-0.25, -0.2) is 8.91 Å². The summed E-state index contributed by atoms with van der Waals surface area (Å²) in [6, 6.07) is 3.03. The average molecular weight is 293 g/mol. The van der Waals surface area contributed by atoms with Crippen molar-refractivity contribution < 1.29 is 9.13 Å². The molecule has 7 heteroatoms. The van der Waals surface area contributed by atoms with E-state index in [1.54, 1.807) is 6.07 Å². The average Bonchev–Trinajstić information content (AvgIpc) is 2.91. The zero-order valence-corrected chi connectivity index (χ0v) is 11.9. The maximum absolute atomic E-state index is 13.2. The van der Waals surface area contributed by atoms with Crippen LogP contribution in [0.2, 0.25) is 0 Å². The monoisotopic (exact) mass is 293 g/mol. The minimum Gasteiger partial charge on any atom is -0.378 e. The van der Waals surface area contributed by atoms with E-state index in [1.807, 2.05) is 0 Å². The highest BCUT2D eigenvalue weighted by atomic mass is 19.1. The molecule has 21 heavy (non-hydrogen) atoms. The van der Waals surface area contributed by atoms with Crippen LogP contribution in [0, 0.1) is 5.82 Å². The van der Waals surface area contributed by atoms with E-state index in [0.29, 0.717) is 24.2 Å². The van der Waals surface area contributed by atoms with E-state index in [2.05, 4.69) is 15.0 Å². The van der Waals surface area contributed by atoms with E-state index in [9.17, 15) is 4.39 Å². The van der Waals surface area contributed by atoms with Crippen molar-refractivity contribution in [2.24, 2.45) is 5.73 Å². The van der Waals surface area contributed by atoms with Gasteiger partial charge in [-0.15, -0.1) is 5.10 Å². The Morgan fingerprint density at radius 1 is 1.33 bits per heavy atom. The number of nitrogens with zero attached hydrogens (tertiary/aromatic N) is 4. The summed E-state index contributed by atoms with van der Waals surface area (Å²) in [5.41, 5.74) is 6.12. The molecule has 0 radical (unpaired) electrons. The summed E-state index contributed by atoms with van der Waals surface area (Å²) in [7, 11) is 0. The Bertz CT molecular complexity index is 594. The van der Waals surface area contributed by atoms with Crippen LogP contribution in [0.25, 0.3) is 5.65 Å². The highest BCUT2D eigenvalue weighted by molar-refractivity contribution is 5.44. The number of ether oxygens (including phenoxy) is 1. The highest BCUT2D eigenvalue weighted by Crippen LogP contribution is 2.19. The van der Waals surface area contributed by atoms with Crippen LogP contribution in [0.15, 0.2) is 18.3 Å². The molecule has 1 aliphatic heterocycles. The first-order valence-corrected chi connectivity index (χ1v) is 7.35. The number of hydrogen-bond acceptors (Lipinski definition) is 5. The largest absolute Gasteiger partial charge is 0.378 e. The predicted molar refractivity (Wildman–Crippen MR) is 77.8 cm³/mol. The molecule has 2 N–H and O–H groups in total. The number of halogens is 1.